The standard InChI is InChI=1S/C16H16S/c1-2-14-10-13(11-17-14)16-9-5-7-12-6-3-4-8-15(12)16/h3-4,6,8-11H,2,5,7H2,1H3. The van der Waals surface area contributed by atoms with Crippen LogP contribution in [0.5, 0.6) is 0 Å². The Kier molecular flexibility index (Phi) is 2.86. The van der Waals surface area contributed by atoms with E-state index in [1.165, 1.54) is 40.0 Å². The van der Waals surface area contributed by atoms with Crippen molar-refractivity contribution in [2.45, 2.75) is 26.2 Å². The Morgan fingerprint density at radius 2 is 2.12 bits per heavy atom. The lowest BCUT2D eigenvalue weighted by molar-refractivity contribution is 0.978. The molecule has 0 N–H and O–H groups in total. The minimum atomic E-state index is 1.14. The Morgan fingerprint density at radius 1 is 1.24 bits per heavy atom. The third-order valence-corrected chi connectivity index (χ3v) is 4.46. The molecule has 0 nitrogen and oxygen atoms in total. The molecule has 0 bridgehead atoms. The van der Waals surface area contributed by atoms with Crippen molar-refractivity contribution in [3.63, 3.8) is 0 Å². The van der Waals surface area contributed by atoms with Crippen molar-refractivity contribution in [1.82, 2.24) is 0 Å². The summed E-state index contributed by atoms with van der Waals surface area (Å²) in [5.41, 5.74) is 5.76. The average molecular weight is 240 g/mol. The second kappa shape index (κ2) is 4.50. The van der Waals surface area contributed by atoms with E-state index >= 15 is 0 Å². The average Bonchev–Trinajstić information content (AvgIpc) is 2.87. The minimum Gasteiger partial charge on any atom is -0.148 e. The molecule has 0 aliphatic heterocycles. The molecule has 0 spiro atoms. The lowest BCUT2D eigenvalue weighted by Crippen LogP contribution is -1.99. The van der Waals surface area contributed by atoms with Crippen LogP contribution in [-0.4, -0.2) is 0 Å². The second-order valence-electron chi connectivity index (χ2n) is 4.47. The van der Waals surface area contributed by atoms with Gasteiger partial charge in [0.05, 0.1) is 0 Å². The first-order valence-corrected chi connectivity index (χ1v) is 7.12. The van der Waals surface area contributed by atoms with Crippen molar-refractivity contribution in [3.8, 4) is 0 Å². The first-order valence-electron chi connectivity index (χ1n) is 6.24. The van der Waals surface area contributed by atoms with Crippen LogP contribution in [0.1, 0.15) is 34.9 Å². The fraction of sp³-hybridized carbons (Fsp3) is 0.250. The van der Waals surface area contributed by atoms with Gasteiger partial charge in [0.1, 0.15) is 0 Å². The summed E-state index contributed by atoms with van der Waals surface area (Å²) in [4.78, 5) is 1.48. The maximum Gasteiger partial charge on any atom is 0.00488 e. The normalized spacial score (nSPS) is 14.3. The van der Waals surface area contributed by atoms with Gasteiger partial charge in [-0.1, -0.05) is 37.3 Å². The van der Waals surface area contributed by atoms with Crippen molar-refractivity contribution in [2.24, 2.45) is 0 Å². The summed E-state index contributed by atoms with van der Waals surface area (Å²) in [5, 5.41) is 2.30. The smallest absolute Gasteiger partial charge is 0.00488 e. The predicted octanol–water partition coefficient (Wildman–Crippen LogP) is 4.69. The molecule has 0 atom stereocenters. The van der Waals surface area contributed by atoms with Gasteiger partial charge in [0.2, 0.25) is 0 Å². The fourth-order valence-corrected chi connectivity index (χ4v) is 3.30. The Morgan fingerprint density at radius 3 is 2.94 bits per heavy atom. The van der Waals surface area contributed by atoms with Crippen LogP contribution < -0.4 is 0 Å². The van der Waals surface area contributed by atoms with Gasteiger partial charge in [0.15, 0.2) is 0 Å². The lowest BCUT2D eigenvalue weighted by Gasteiger charge is -2.16. The molecule has 3 rings (SSSR count). The number of thiophene rings is 1. The van der Waals surface area contributed by atoms with Gasteiger partial charge in [-0.25, -0.2) is 0 Å². The first kappa shape index (κ1) is 10.8. The van der Waals surface area contributed by atoms with Gasteiger partial charge in [-0.2, -0.15) is 0 Å². The monoisotopic (exact) mass is 240 g/mol. The summed E-state index contributed by atoms with van der Waals surface area (Å²) in [6.07, 6.45) is 5.89. The van der Waals surface area contributed by atoms with Crippen molar-refractivity contribution in [1.29, 1.82) is 0 Å². The maximum absolute atomic E-state index is 2.39. The van der Waals surface area contributed by atoms with E-state index in [9.17, 15) is 0 Å². The van der Waals surface area contributed by atoms with Gasteiger partial charge < -0.3 is 0 Å². The van der Waals surface area contributed by atoms with E-state index in [2.05, 4.69) is 48.7 Å². The zero-order chi connectivity index (χ0) is 11.7. The topological polar surface area (TPSA) is 0 Å². The highest BCUT2D eigenvalue weighted by atomic mass is 32.1. The summed E-state index contributed by atoms with van der Waals surface area (Å²) in [5.74, 6) is 0. The van der Waals surface area contributed by atoms with Gasteiger partial charge >= 0.3 is 0 Å². The lowest BCUT2D eigenvalue weighted by atomic mass is 9.88. The Bertz CT molecular complexity index is 560. The summed E-state index contributed by atoms with van der Waals surface area (Å²) >= 11 is 1.88. The number of fused-ring (bicyclic) bond motifs is 1. The number of benzene rings is 1. The van der Waals surface area contributed by atoms with Gasteiger partial charge in [-0.3, -0.25) is 0 Å². The van der Waals surface area contributed by atoms with Crippen LogP contribution in [0.25, 0.3) is 5.57 Å². The zero-order valence-corrected chi connectivity index (χ0v) is 10.9. The van der Waals surface area contributed by atoms with E-state index in [1.807, 2.05) is 11.3 Å². The van der Waals surface area contributed by atoms with E-state index in [1.54, 1.807) is 0 Å². The number of aryl methyl sites for hydroxylation is 2. The molecule has 0 saturated heterocycles. The minimum absolute atomic E-state index is 1.14. The number of allylic oxidation sites excluding steroid dienone is 1. The third kappa shape index (κ3) is 1.96. The molecule has 1 aromatic heterocycles. The first-order chi connectivity index (χ1) is 8.38. The van der Waals surface area contributed by atoms with E-state index in [-0.39, 0.29) is 0 Å². The molecule has 0 unspecified atom stereocenters. The molecular weight excluding hydrogens is 224 g/mol. The zero-order valence-electron chi connectivity index (χ0n) is 10.1. The van der Waals surface area contributed by atoms with Crippen LogP contribution >= 0.6 is 11.3 Å². The molecule has 1 heterocycles. The van der Waals surface area contributed by atoms with E-state index in [4.69, 9.17) is 0 Å². The SMILES string of the molecule is CCc1cc(C2=CCCc3ccccc32)cs1. The molecule has 0 amide bonds. The highest BCUT2D eigenvalue weighted by molar-refractivity contribution is 7.10. The highest BCUT2D eigenvalue weighted by Gasteiger charge is 2.14. The van der Waals surface area contributed by atoms with Gasteiger partial charge in [0, 0.05) is 4.88 Å². The molecule has 1 aliphatic rings. The van der Waals surface area contributed by atoms with Crippen LogP contribution in [0.3, 0.4) is 0 Å². The molecular formula is C16H16S. The van der Waals surface area contributed by atoms with Crippen LogP contribution in [0.4, 0.5) is 0 Å². The van der Waals surface area contributed by atoms with Crippen molar-refractivity contribution >= 4 is 16.9 Å². The van der Waals surface area contributed by atoms with Crippen molar-refractivity contribution in [3.05, 3.63) is 63.4 Å². The molecule has 1 heteroatoms. The summed E-state index contributed by atoms with van der Waals surface area (Å²) < 4.78 is 0. The molecule has 0 saturated carbocycles. The quantitative estimate of drug-likeness (QED) is 0.714. The Balaban J connectivity index is 2.06. The molecule has 0 radical (unpaired) electrons. The summed E-state index contributed by atoms with van der Waals surface area (Å²) in [7, 11) is 0. The molecule has 17 heavy (non-hydrogen) atoms. The fourth-order valence-electron chi connectivity index (χ4n) is 2.46. The third-order valence-electron chi connectivity index (χ3n) is 3.38. The van der Waals surface area contributed by atoms with E-state index < -0.39 is 0 Å². The maximum atomic E-state index is 2.39. The van der Waals surface area contributed by atoms with Crippen molar-refractivity contribution < 1.29 is 0 Å². The van der Waals surface area contributed by atoms with Crippen molar-refractivity contribution in [2.75, 3.05) is 0 Å². The Hall–Kier alpha value is -1.34. The summed E-state index contributed by atoms with van der Waals surface area (Å²) in [6.45, 7) is 2.22. The van der Waals surface area contributed by atoms with Crippen LogP contribution in [0.15, 0.2) is 41.8 Å². The molecule has 1 aliphatic carbocycles. The predicted molar refractivity (Wildman–Crippen MR) is 75.5 cm³/mol. The molecule has 1 aromatic carbocycles. The van der Waals surface area contributed by atoms with Crippen LogP contribution in [-0.2, 0) is 12.8 Å². The molecule has 2 aromatic rings. The second-order valence-corrected chi connectivity index (χ2v) is 5.46. The van der Waals surface area contributed by atoms with Gasteiger partial charge in [-0.05, 0) is 53.0 Å². The summed E-state index contributed by atoms with van der Waals surface area (Å²) in [6, 6.07) is 11.1. The molecule has 86 valence electrons. The largest absolute Gasteiger partial charge is 0.148 e. The number of hydrogen-bond donors (Lipinski definition) is 0. The highest BCUT2D eigenvalue weighted by Crippen LogP contribution is 2.33. The molecule has 0 fully saturated rings. The van der Waals surface area contributed by atoms with Gasteiger partial charge in [-0.15, -0.1) is 11.3 Å². The van der Waals surface area contributed by atoms with Crippen LogP contribution in [0, 0.1) is 0 Å². The van der Waals surface area contributed by atoms with E-state index in [0.717, 1.165) is 6.42 Å². The number of hydrogen-bond acceptors (Lipinski definition) is 1. The van der Waals surface area contributed by atoms with E-state index in [0.29, 0.717) is 0 Å². The van der Waals surface area contributed by atoms with Gasteiger partial charge in [0.25, 0.3) is 0 Å². The number of rotatable bonds is 2. The van der Waals surface area contributed by atoms with Crippen LogP contribution in [0.2, 0.25) is 0 Å². The Labute approximate surface area is 107 Å².